The van der Waals surface area contributed by atoms with E-state index < -0.39 is 11.9 Å². The smallest absolute Gasteiger partial charge is 0.259 e. The summed E-state index contributed by atoms with van der Waals surface area (Å²) < 4.78 is 18.9. The van der Waals surface area contributed by atoms with E-state index in [1.807, 2.05) is 6.92 Å². The summed E-state index contributed by atoms with van der Waals surface area (Å²) in [4.78, 5) is 28.6. The van der Waals surface area contributed by atoms with E-state index in [0.717, 1.165) is 0 Å². The van der Waals surface area contributed by atoms with Crippen molar-refractivity contribution in [2.45, 2.75) is 19.4 Å². The Labute approximate surface area is 145 Å². The summed E-state index contributed by atoms with van der Waals surface area (Å²) in [5.41, 5.74) is 1.32. The van der Waals surface area contributed by atoms with E-state index >= 15 is 0 Å². The van der Waals surface area contributed by atoms with Gasteiger partial charge in [0.25, 0.3) is 5.91 Å². The molecule has 0 N–H and O–H groups in total. The summed E-state index contributed by atoms with van der Waals surface area (Å²) in [5.74, 6) is -0.361. The average molecular weight is 342 g/mol. The quantitative estimate of drug-likeness (QED) is 0.860. The second kappa shape index (κ2) is 6.55. The van der Waals surface area contributed by atoms with Crippen LogP contribution in [0.5, 0.6) is 5.75 Å². The zero-order chi connectivity index (χ0) is 18.1. The van der Waals surface area contributed by atoms with Gasteiger partial charge in [-0.3, -0.25) is 14.5 Å². The van der Waals surface area contributed by atoms with Gasteiger partial charge in [0.15, 0.2) is 0 Å². The number of nitrogens with zero attached hydrogens (tertiary/aromatic N) is 2. The van der Waals surface area contributed by atoms with Gasteiger partial charge in [-0.15, -0.1) is 0 Å². The van der Waals surface area contributed by atoms with E-state index in [4.69, 9.17) is 4.74 Å². The normalized spacial score (nSPS) is 16.6. The van der Waals surface area contributed by atoms with Crippen LogP contribution >= 0.6 is 0 Å². The van der Waals surface area contributed by atoms with Gasteiger partial charge in [-0.25, -0.2) is 4.39 Å². The summed E-state index contributed by atoms with van der Waals surface area (Å²) >= 11 is 0. The van der Waals surface area contributed by atoms with Crippen LogP contribution in [0.3, 0.4) is 0 Å². The monoisotopic (exact) mass is 342 g/mol. The number of likely N-dealkylation sites (N-methyl/N-ethyl adjacent to an activating group) is 1. The Morgan fingerprint density at radius 2 is 1.84 bits per heavy atom. The van der Waals surface area contributed by atoms with Gasteiger partial charge in [0.2, 0.25) is 5.91 Å². The molecule has 2 aromatic carbocycles. The molecule has 0 saturated heterocycles. The highest BCUT2D eigenvalue weighted by atomic mass is 19.1. The fourth-order valence-corrected chi connectivity index (χ4v) is 3.07. The van der Waals surface area contributed by atoms with E-state index in [1.165, 1.54) is 28.0 Å². The van der Waals surface area contributed by atoms with Crippen LogP contribution in [0.25, 0.3) is 0 Å². The Balaban J connectivity index is 2.10. The fourth-order valence-electron chi connectivity index (χ4n) is 3.07. The van der Waals surface area contributed by atoms with Crippen molar-refractivity contribution in [1.29, 1.82) is 0 Å². The van der Waals surface area contributed by atoms with Crippen LogP contribution in [0, 0.1) is 5.82 Å². The Morgan fingerprint density at radius 1 is 1.16 bits per heavy atom. The van der Waals surface area contributed by atoms with E-state index in [9.17, 15) is 14.0 Å². The number of methoxy groups -OCH3 is 1. The van der Waals surface area contributed by atoms with Crippen LogP contribution in [0.4, 0.5) is 15.8 Å². The first-order chi connectivity index (χ1) is 12.0. The number of halogens is 1. The molecule has 1 aliphatic heterocycles. The Bertz CT molecular complexity index is 820. The number of fused-ring (bicyclic) bond motifs is 1. The second-order valence-corrected chi connectivity index (χ2v) is 5.86. The predicted octanol–water partition coefficient (Wildman–Crippen LogP) is 3.24. The minimum Gasteiger partial charge on any atom is -0.497 e. The van der Waals surface area contributed by atoms with Crippen LogP contribution in [0.2, 0.25) is 0 Å². The second-order valence-electron chi connectivity index (χ2n) is 5.86. The molecule has 0 aromatic heterocycles. The maximum Gasteiger partial charge on any atom is 0.259 e. The van der Waals surface area contributed by atoms with Gasteiger partial charge >= 0.3 is 0 Å². The molecule has 130 valence electrons. The third-order valence-electron chi connectivity index (χ3n) is 4.43. The molecule has 0 aliphatic carbocycles. The third-order valence-corrected chi connectivity index (χ3v) is 4.43. The van der Waals surface area contributed by atoms with Crippen LogP contribution in [-0.4, -0.2) is 32.0 Å². The standard InChI is InChI=1S/C19H19FN2O3/c1-4-15-19(24)21(2)16-10-7-13(20)11-17(16)22(15)18(23)12-5-8-14(25-3)9-6-12/h5-11,15H,4H2,1-3H3/t15-/m0/s1. The van der Waals surface area contributed by atoms with Gasteiger partial charge in [0.1, 0.15) is 17.6 Å². The molecule has 0 spiro atoms. The SMILES string of the molecule is CC[C@H]1C(=O)N(C)c2ccc(F)cc2N1C(=O)c1ccc(OC)cc1. The van der Waals surface area contributed by atoms with Gasteiger partial charge in [0.05, 0.1) is 18.5 Å². The molecule has 0 bridgehead atoms. The molecule has 6 heteroatoms. The minimum atomic E-state index is -0.672. The van der Waals surface area contributed by atoms with Gasteiger partial charge in [-0.05, 0) is 48.9 Å². The van der Waals surface area contributed by atoms with Crippen molar-refractivity contribution < 1.29 is 18.7 Å². The number of benzene rings is 2. The average Bonchev–Trinajstić information content (AvgIpc) is 2.63. The number of hydrogen-bond acceptors (Lipinski definition) is 3. The molecule has 0 fully saturated rings. The van der Waals surface area contributed by atoms with Gasteiger partial charge in [-0.1, -0.05) is 6.92 Å². The summed E-state index contributed by atoms with van der Waals surface area (Å²) in [6.45, 7) is 1.83. The molecule has 0 saturated carbocycles. The van der Waals surface area contributed by atoms with Crippen molar-refractivity contribution in [3.8, 4) is 5.75 Å². The predicted molar refractivity (Wildman–Crippen MR) is 93.7 cm³/mol. The number of rotatable bonds is 3. The lowest BCUT2D eigenvalue weighted by molar-refractivity contribution is -0.119. The first-order valence-corrected chi connectivity index (χ1v) is 8.02. The summed E-state index contributed by atoms with van der Waals surface area (Å²) in [7, 11) is 3.18. The highest BCUT2D eigenvalue weighted by molar-refractivity contribution is 6.17. The van der Waals surface area contributed by atoms with E-state index in [1.54, 1.807) is 38.4 Å². The molecule has 5 nitrogen and oxygen atoms in total. The summed E-state index contributed by atoms with van der Waals surface area (Å²) in [5, 5.41) is 0. The molecule has 1 atom stereocenters. The fraction of sp³-hybridized carbons (Fsp3) is 0.263. The van der Waals surface area contributed by atoms with Crippen molar-refractivity contribution in [2.24, 2.45) is 0 Å². The Morgan fingerprint density at radius 3 is 2.44 bits per heavy atom. The highest BCUT2D eigenvalue weighted by Gasteiger charge is 2.39. The zero-order valence-electron chi connectivity index (χ0n) is 14.3. The van der Waals surface area contributed by atoms with Crippen LogP contribution < -0.4 is 14.5 Å². The van der Waals surface area contributed by atoms with Crippen molar-refractivity contribution in [1.82, 2.24) is 0 Å². The molecular weight excluding hydrogens is 323 g/mol. The van der Waals surface area contributed by atoms with Gasteiger partial charge in [-0.2, -0.15) is 0 Å². The molecule has 1 aliphatic rings. The van der Waals surface area contributed by atoms with Crippen LogP contribution in [0.15, 0.2) is 42.5 Å². The summed E-state index contributed by atoms with van der Waals surface area (Å²) in [6, 6.07) is 10.0. The summed E-state index contributed by atoms with van der Waals surface area (Å²) in [6.07, 6.45) is 0.432. The molecule has 0 unspecified atom stereocenters. The van der Waals surface area contributed by atoms with E-state index in [0.29, 0.717) is 29.1 Å². The lowest BCUT2D eigenvalue weighted by atomic mass is 10.0. The van der Waals surface area contributed by atoms with Crippen molar-refractivity contribution in [3.05, 3.63) is 53.8 Å². The number of carbonyl (C=O) groups excluding carboxylic acids is 2. The first-order valence-electron chi connectivity index (χ1n) is 8.02. The number of amides is 2. The van der Waals surface area contributed by atoms with Crippen molar-refractivity contribution in [3.63, 3.8) is 0 Å². The maximum absolute atomic E-state index is 13.8. The highest BCUT2D eigenvalue weighted by Crippen LogP contribution is 2.37. The topological polar surface area (TPSA) is 49.9 Å². The van der Waals surface area contributed by atoms with Crippen LogP contribution in [0.1, 0.15) is 23.7 Å². The number of ether oxygens (including phenoxy) is 1. The van der Waals surface area contributed by atoms with Crippen LogP contribution in [-0.2, 0) is 4.79 Å². The zero-order valence-corrected chi connectivity index (χ0v) is 14.3. The first kappa shape index (κ1) is 17.0. The van der Waals surface area contributed by atoms with Crippen molar-refractivity contribution >= 4 is 23.2 Å². The van der Waals surface area contributed by atoms with Gasteiger partial charge < -0.3 is 9.64 Å². The third kappa shape index (κ3) is 2.84. The molecule has 1 heterocycles. The van der Waals surface area contributed by atoms with Gasteiger partial charge in [0, 0.05) is 12.6 Å². The minimum absolute atomic E-state index is 0.191. The number of carbonyl (C=O) groups is 2. The molecule has 2 amide bonds. The molecule has 2 aromatic rings. The largest absolute Gasteiger partial charge is 0.497 e. The van der Waals surface area contributed by atoms with E-state index in [-0.39, 0.29) is 11.8 Å². The molecule has 25 heavy (non-hydrogen) atoms. The maximum atomic E-state index is 13.8. The molecular formula is C19H19FN2O3. The molecule has 0 radical (unpaired) electrons. The lowest BCUT2D eigenvalue weighted by Gasteiger charge is -2.40. The Hall–Kier alpha value is -2.89. The number of hydrogen-bond donors (Lipinski definition) is 0. The lowest BCUT2D eigenvalue weighted by Crippen LogP contribution is -2.54. The van der Waals surface area contributed by atoms with E-state index in [2.05, 4.69) is 0 Å². The Kier molecular flexibility index (Phi) is 4.44. The van der Waals surface area contributed by atoms with Crippen molar-refractivity contribution in [2.75, 3.05) is 24.0 Å². The molecule has 3 rings (SSSR count). The number of anilines is 2.